The van der Waals surface area contributed by atoms with Crippen molar-refractivity contribution in [2.45, 2.75) is 56.4 Å². The Hall–Kier alpha value is -4.79. The molecule has 2 aromatic carbocycles. The quantitative estimate of drug-likeness (QED) is 0.171. The zero-order valence-corrected chi connectivity index (χ0v) is 23.4. The maximum Gasteiger partial charge on any atom is 0.328 e. The number of fused-ring (bicyclic) bond motifs is 1. The Kier molecular flexibility index (Phi) is 7.33. The summed E-state index contributed by atoms with van der Waals surface area (Å²) in [5.41, 5.74) is 4.72. The number of carboxylic acid groups (broad SMARTS) is 1. The number of ether oxygens (including phenoxy) is 1. The van der Waals surface area contributed by atoms with Crippen LogP contribution in [0.15, 0.2) is 65.5 Å². The smallest absolute Gasteiger partial charge is 0.328 e. The van der Waals surface area contributed by atoms with Crippen molar-refractivity contribution in [2.75, 3.05) is 12.4 Å². The number of benzene rings is 2. The van der Waals surface area contributed by atoms with Gasteiger partial charge in [-0.2, -0.15) is 0 Å². The van der Waals surface area contributed by atoms with Gasteiger partial charge in [0.15, 0.2) is 0 Å². The number of aliphatic carboxylic acids is 1. The molecule has 0 unspecified atom stereocenters. The second-order valence-corrected chi connectivity index (χ2v) is 11.1. The molecule has 42 heavy (non-hydrogen) atoms. The maximum atomic E-state index is 13.5. The Balaban J connectivity index is 1.22. The number of carbonyl (C=O) groups is 3. The van der Waals surface area contributed by atoms with Crippen molar-refractivity contribution in [1.29, 1.82) is 0 Å². The van der Waals surface area contributed by atoms with Crippen LogP contribution in [0.5, 0.6) is 5.75 Å². The van der Waals surface area contributed by atoms with Crippen molar-refractivity contribution >= 4 is 40.4 Å². The first kappa shape index (κ1) is 27.4. The van der Waals surface area contributed by atoms with E-state index in [9.17, 15) is 14.4 Å². The standard InChI is InChI=1S/C33H33N3O6/c1-41-27-18-24(10-7-20(27)9-12-28(37)38)34-32(40)33(14-4-15-33)36-31(39)22-8-11-25-26(17-22)35-30(23-13-16-42-19-23)29(25)21-5-2-3-6-21/h7-13,16-19,21,35H,2-6,14-15H2,1H3,(H,34,40)(H,36,39)(H,37,38)/b12-9+. The third-order valence-electron chi connectivity index (χ3n) is 8.57. The highest BCUT2D eigenvalue weighted by Gasteiger charge is 2.45. The van der Waals surface area contributed by atoms with Crippen LogP contribution in [0.4, 0.5) is 5.69 Å². The number of hydrogen-bond donors (Lipinski definition) is 4. The molecule has 2 aliphatic carbocycles. The largest absolute Gasteiger partial charge is 0.496 e. The van der Waals surface area contributed by atoms with Crippen LogP contribution in [0.2, 0.25) is 0 Å². The van der Waals surface area contributed by atoms with Gasteiger partial charge in [-0.3, -0.25) is 9.59 Å². The number of anilines is 1. The first-order valence-electron chi connectivity index (χ1n) is 14.3. The molecular weight excluding hydrogens is 534 g/mol. The molecule has 2 aliphatic rings. The van der Waals surface area contributed by atoms with Crippen LogP contribution in [0.3, 0.4) is 0 Å². The number of carboxylic acids is 1. The Morgan fingerprint density at radius 3 is 2.55 bits per heavy atom. The number of methoxy groups -OCH3 is 1. The minimum Gasteiger partial charge on any atom is -0.496 e. The molecule has 4 N–H and O–H groups in total. The molecule has 216 valence electrons. The number of hydrogen-bond acceptors (Lipinski definition) is 5. The number of amides is 2. The molecule has 0 atom stereocenters. The van der Waals surface area contributed by atoms with Crippen molar-refractivity contribution in [2.24, 2.45) is 0 Å². The first-order valence-corrected chi connectivity index (χ1v) is 14.3. The van der Waals surface area contributed by atoms with Gasteiger partial charge in [-0.15, -0.1) is 0 Å². The fourth-order valence-electron chi connectivity index (χ4n) is 6.20. The highest BCUT2D eigenvalue weighted by atomic mass is 16.5. The van der Waals surface area contributed by atoms with Gasteiger partial charge >= 0.3 is 5.97 Å². The van der Waals surface area contributed by atoms with E-state index in [0.29, 0.717) is 41.3 Å². The van der Waals surface area contributed by atoms with Gasteiger partial charge in [0.1, 0.15) is 11.3 Å². The van der Waals surface area contributed by atoms with E-state index in [-0.39, 0.29) is 11.8 Å². The lowest BCUT2D eigenvalue weighted by atomic mass is 9.75. The Labute approximate surface area is 242 Å². The lowest BCUT2D eigenvalue weighted by Gasteiger charge is -2.40. The SMILES string of the molecule is COc1cc(NC(=O)C2(NC(=O)c3ccc4c(C5CCCC5)c(-c5ccoc5)[nH]c4c3)CCC2)ccc1/C=C/C(=O)O. The molecule has 2 amide bonds. The van der Waals surface area contributed by atoms with E-state index in [4.69, 9.17) is 14.3 Å². The zero-order chi connectivity index (χ0) is 29.3. The molecule has 6 rings (SSSR count). The molecule has 0 saturated heterocycles. The number of nitrogens with one attached hydrogen (secondary N) is 3. The van der Waals surface area contributed by atoms with E-state index in [0.717, 1.165) is 47.5 Å². The van der Waals surface area contributed by atoms with Gasteiger partial charge < -0.3 is 29.9 Å². The van der Waals surface area contributed by atoms with E-state index in [2.05, 4.69) is 15.6 Å². The summed E-state index contributed by atoms with van der Waals surface area (Å²) in [6.45, 7) is 0. The molecule has 2 fully saturated rings. The number of carbonyl (C=O) groups excluding carboxylic acids is 2. The van der Waals surface area contributed by atoms with Gasteiger partial charge in [0.25, 0.3) is 5.91 Å². The summed E-state index contributed by atoms with van der Waals surface area (Å²) in [4.78, 5) is 41.4. The number of aromatic nitrogens is 1. The van der Waals surface area contributed by atoms with Gasteiger partial charge in [0, 0.05) is 45.4 Å². The fraction of sp³-hybridized carbons (Fsp3) is 0.303. The van der Waals surface area contributed by atoms with E-state index in [1.807, 2.05) is 24.3 Å². The molecule has 0 radical (unpaired) electrons. The molecule has 2 saturated carbocycles. The van der Waals surface area contributed by atoms with E-state index in [1.54, 1.807) is 30.7 Å². The van der Waals surface area contributed by atoms with Crippen molar-refractivity contribution in [1.82, 2.24) is 10.3 Å². The van der Waals surface area contributed by atoms with Crippen LogP contribution in [-0.2, 0) is 9.59 Å². The van der Waals surface area contributed by atoms with E-state index >= 15 is 0 Å². The Bertz CT molecular complexity index is 1670. The Morgan fingerprint density at radius 2 is 1.88 bits per heavy atom. The highest BCUT2D eigenvalue weighted by molar-refractivity contribution is 6.06. The Morgan fingerprint density at radius 1 is 1.07 bits per heavy atom. The predicted molar refractivity (Wildman–Crippen MR) is 160 cm³/mol. The maximum absolute atomic E-state index is 13.5. The second kappa shape index (κ2) is 11.2. The van der Waals surface area contributed by atoms with Crippen molar-refractivity contribution in [3.63, 3.8) is 0 Å². The molecule has 4 aromatic rings. The third-order valence-corrected chi connectivity index (χ3v) is 8.57. The summed E-state index contributed by atoms with van der Waals surface area (Å²) in [5, 5.41) is 16.0. The van der Waals surface area contributed by atoms with Gasteiger partial charge in [-0.25, -0.2) is 4.79 Å². The molecule has 0 spiro atoms. The molecule has 2 heterocycles. The van der Waals surface area contributed by atoms with Crippen LogP contribution in [-0.4, -0.2) is 40.5 Å². The molecule has 0 bridgehead atoms. The molecular formula is C33H33N3O6. The van der Waals surface area contributed by atoms with E-state index < -0.39 is 11.5 Å². The van der Waals surface area contributed by atoms with Crippen molar-refractivity contribution in [3.05, 3.63) is 77.8 Å². The summed E-state index contributed by atoms with van der Waals surface area (Å²) in [6, 6.07) is 12.6. The lowest BCUT2D eigenvalue weighted by molar-refractivity contribution is -0.131. The van der Waals surface area contributed by atoms with Crippen molar-refractivity contribution in [3.8, 4) is 17.0 Å². The lowest BCUT2D eigenvalue weighted by Crippen LogP contribution is -2.61. The highest BCUT2D eigenvalue weighted by Crippen LogP contribution is 2.43. The van der Waals surface area contributed by atoms with Crippen LogP contribution in [0.25, 0.3) is 28.2 Å². The zero-order valence-electron chi connectivity index (χ0n) is 23.4. The number of H-pyrrole nitrogens is 1. The van der Waals surface area contributed by atoms with Gasteiger partial charge in [-0.1, -0.05) is 18.9 Å². The van der Waals surface area contributed by atoms with Crippen LogP contribution >= 0.6 is 0 Å². The normalized spacial score (nSPS) is 16.4. The minimum atomic E-state index is -1.07. The van der Waals surface area contributed by atoms with Gasteiger partial charge in [-0.05, 0) is 80.0 Å². The fourth-order valence-corrected chi connectivity index (χ4v) is 6.20. The molecule has 2 aromatic heterocycles. The third kappa shape index (κ3) is 5.18. The average molecular weight is 568 g/mol. The monoisotopic (exact) mass is 567 g/mol. The average Bonchev–Trinajstić information content (AvgIpc) is 3.74. The first-order chi connectivity index (χ1) is 20.4. The molecule has 9 nitrogen and oxygen atoms in total. The van der Waals surface area contributed by atoms with Crippen molar-refractivity contribution < 1.29 is 28.6 Å². The van der Waals surface area contributed by atoms with Crippen LogP contribution in [0.1, 0.15) is 72.3 Å². The number of rotatable bonds is 9. The van der Waals surface area contributed by atoms with Crippen LogP contribution in [0, 0.1) is 0 Å². The number of aromatic amines is 1. The molecule has 9 heteroatoms. The topological polar surface area (TPSA) is 134 Å². The summed E-state index contributed by atoms with van der Waals surface area (Å²) in [7, 11) is 1.47. The summed E-state index contributed by atoms with van der Waals surface area (Å²) < 4.78 is 10.7. The summed E-state index contributed by atoms with van der Waals surface area (Å²) >= 11 is 0. The number of furan rings is 1. The summed E-state index contributed by atoms with van der Waals surface area (Å²) in [6.07, 6.45) is 12.5. The minimum absolute atomic E-state index is 0.301. The van der Waals surface area contributed by atoms with E-state index in [1.165, 1.54) is 31.6 Å². The van der Waals surface area contributed by atoms with Gasteiger partial charge in [0.05, 0.1) is 25.3 Å². The molecule has 0 aliphatic heterocycles. The van der Waals surface area contributed by atoms with Gasteiger partial charge in [0.2, 0.25) is 5.91 Å². The summed E-state index contributed by atoms with van der Waals surface area (Å²) in [5.74, 6) is -0.792. The predicted octanol–water partition coefficient (Wildman–Crippen LogP) is 6.48. The second-order valence-electron chi connectivity index (χ2n) is 11.1. The van der Waals surface area contributed by atoms with Crippen LogP contribution < -0.4 is 15.4 Å².